The first-order valence-electron chi connectivity index (χ1n) is 5.19. The fraction of sp³-hybridized carbons (Fsp3) is 0.273. The van der Waals surface area contributed by atoms with Crippen molar-refractivity contribution in [1.29, 1.82) is 0 Å². The van der Waals surface area contributed by atoms with Crippen molar-refractivity contribution < 1.29 is 9.59 Å². The predicted octanol–water partition coefficient (Wildman–Crippen LogP) is 0.454. The van der Waals surface area contributed by atoms with Gasteiger partial charge < -0.3 is 5.73 Å². The Hall–Kier alpha value is -2.02. The third-order valence-corrected chi connectivity index (χ3v) is 3.75. The fourth-order valence-electron chi connectivity index (χ4n) is 1.75. The zero-order chi connectivity index (χ0) is 13.4. The lowest BCUT2D eigenvalue weighted by molar-refractivity contribution is -0.117. The van der Waals surface area contributed by atoms with Crippen LogP contribution in [0.1, 0.15) is 22.2 Å². The number of nitrogens with two attached hydrogens (primary N) is 1. The molecular weight excluding hydrogens is 254 g/mol. The molecule has 0 aliphatic carbocycles. The molecule has 0 saturated carbocycles. The van der Waals surface area contributed by atoms with Crippen molar-refractivity contribution in [2.75, 3.05) is 0 Å². The maximum atomic E-state index is 12.1. The zero-order valence-corrected chi connectivity index (χ0v) is 10.7. The number of primary amides is 1. The van der Waals surface area contributed by atoms with Crippen LogP contribution in [-0.2, 0) is 11.3 Å². The number of aromatic nitrogens is 2. The van der Waals surface area contributed by atoms with Crippen molar-refractivity contribution in [3.63, 3.8) is 0 Å². The van der Waals surface area contributed by atoms with Crippen LogP contribution in [0.4, 0.5) is 0 Å². The highest BCUT2D eigenvalue weighted by molar-refractivity contribution is 7.20. The van der Waals surface area contributed by atoms with Gasteiger partial charge in [0.25, 0.3) is 11.5 Å². The Labute approximate surface area is 106 Å². The van der Waals surface area contributed by atoms with Crippen molar-refractivity contribution in [2.24, 2.45) is 5.73 Å². The number of hydrogen-bond acceptors (Lipinski definition) is 5. The van der Waals surface area contributed by atoms with E-state index < -0.39 is 5.91 Å². The number of carbonyl (C=O) groups is 2. The Balaban J connectivity index is 2.74. The van der Waals surface area contributed by atoms with E-state index in [9.17, 15) is 14.4 Å². The zero-order valence-electron chi connectivity index (χ0n) is 9.89. The first-order valence-corrected chi connectivity index (χ1v) is 6.01. The van der Waals surface area contributed by atoms with Crippen LogP contribution in [0, 0.1) is 6.92 Å². The number of ketones is 1. The number of Topliss-reactive ketones (excluding diaryl/α,β-unsaturated/α-hetero) is 1. The summed E-state index contributed by atoms with van der Waals surface area (Å²) in [6, 6.07) is 0. The summed E-state index contributed by atoms with van der Waals surface area (Å²) in [6.07, 6.45) is 1.31. The normalized spacial score (nSPS) is 10.8. The molecule has 0 spiro atoms. The van der Waals surface area contributed by atoms with Crippen molar-refractivity contribution in [2.45, 2.75) is 20.4 Å². The van der Waals surface area contributed by atoms with Gasteiger partial charge in [-0.05, 0) is 19.4 Å². The number of thiophene rings is 1. The number of hydrogen-bond donors (Lipinski definition) is 1. The Morgan fingerprint density at radius 3 is 2.72 bits per heavy atom. The van der Waals surface area contributed by atoms with E-state index in [4.69, 9.17) is 5.73 Å². The maximum absolute atomic E-state index is 12.1. The molecule has 0 fully saturated rings. The largest absolute Gasteiger partial charge is 0.365 e. The molecule has 0 unspecified atom stereocenters. The van der Waals surface area contributed by atoms with Gasteiger partial charge in [-0.15, -0.1) is 11.3 Å². The molecule has 0 bridgehead atoms. The van der Waals surface area contributed by atoms with Crippen LogP contribution in [0.2, 0.25) is 0 Å². The number of carbonyl (C=O) groups excluding carboxylic acids is 2. The lowest BCUT2D eigenvalue weighted by Crippen LogP contribution is -2.23. The Morgan fingerprint density at radius 1 is 1.50 bits per heavy atom. The van der Waals surface area contributed by atoms with E-state index in [2.05, 4.69) is 4.98 Å². The molecule has 2 aromatic rings. The lowest BCUT2D eigenvalue weighted by Gasteiger charge is -2.01. The molecule has 0 aliphatic rings. The quantitative estimate of drug-likeness (QED) is 0.871. The average molecular weight is 265 g/mol. The molecule has 94 valence electrons. The molecule has 0 aromatic carbocycles. The summed E-state index contributed by atoms with van der Waals surface area (Å²) in [7, 11) is 0. The molecular formula is C11H11N3O3S. The number of nitrogens with zero attached hydrogens (tertiary/aromatic N) is 2. The molecule has 0 radical (unpaired) electrons. The average Bonchev–Trinajstić information content (AvgIpc) is 2.60. The van der Waals surface area contributed by atoms with Crippen LogP contribution in [0.3, 0.4) is 0 Å². The SMILES string of the molecule is CC(=O)Cn1cnc2sc(C(N)=O)c(C)c2c1=O. The summed E-state index contributed by atoms with van der Waals surface area (Å²) < 4.78 is 1.23. The van der Waals surface area contributed by atoms with Gasteiger partial charge >= 0.3 is 0 Å². The summed E-state index contributed by atoms with van der Waals surface area (Å²) in [6.45, 7) is 3.02. The second-order valence-corrected chi connectivity index (χ2v) is 4.98. The van der Waals surface area contributed by atoms with Crippen molar-refractivity contribution in [3.8, 4) is 0 Å². The van der Waals surface area contributed by atoms with E-state index in [1.54, 1.807) is 6.92 Å². The van der Waals surface area contributed by atoms with Crippen LogP contribution < -0.4 is 11.3 Å². The second-order valence-electron chi connectivity index (χ2n) is 3.98. The molecule has 18 heavy (non-hydrogen) atoms. The maximum Gasteiger partial charge on any atom is 0.262 e. The molecule has 0 aliphatic heterocycles. The Bertz CT molecular complexity index is 714. The van der Waals surface area contributed by atoms with Gasteiger partial charge in [-0.2, -0.15) is 0 Å². The van der Waals surface area contributed by atoms with Crippen LogP contribution in [-0.4, -0.2) is 21.2 Å². The first kappa shape index (κ1) is 12.4. The molecule has 7 heteroatoms. The summed E-state index contributed by atoms with van der Waals surface area (Å²) in [5.41, 5.74) is 5.43. The van der Waals surface area contributed by atoms with Crippen LogP contribution >= 0.6 is 11.3 Å². The molecule has 2 rings (SSSR count). The van der Waals surface area contributed by atoms with Crippen molar-refractivity contribution in [1.82, 2.24) is 9.55 Å². The topological polar surface area (TPSA) is 95.0 Å². The minimum absolute atomic E-state index is 0.0248. The smallest absolute Gasteiger partial charge is 0.262 e. The predicted molar refractivity (Wildman–Crippen MR) is 67.8 cm³/mol. The third-order valence-electron chi connectivity index (χ3n) is 2.53. The Kier molecular flexibility index (Phi) is 3.00. The molecule has 2 heterocycles. The van der Waals surface area contributed by atoms with E-state index in [0.29, 0.717) is 20.7 Å². The molecule has 1 amide bonds. The highest BCUT2D eigenvalue weighted by atomic mass is 32.1. The molecule has 2 aromatic heterocycles. The minimum Gasteiger partial charge on any atom is -0.365 e. The first-order chi connectivity index (χ1) is 8.41. The number of aryl methyl sites for hydroxylation is 1. The van der Waals surface area contributed by atoms with Crippen LogP contribution in [0.25, 0.3) is 10.2 Å². The van der Waals surface area contributed by atoms with Crippen molar-refractivity contribution in [3.05, 3.63) is 27.1 Å². The van der Waals surface area contributed by atoms with E-state index in [1.807, 2.05) is 0 Å². The number of fused-ring (bicyclic) bond motifs is 1. The number of rotatable bonds is 3. The molecule has 2 N–H and O–H groups in total. The van der Waals surface area contributed by atoms with Gasteiger partial charge in [0.05, 0.1) is 23.1 Å². The van der Waals surface area contributed by atoms with Crippen LogP contribution in [0.15, 0.2) is 11.1 Å². The van der Waals surface area contributed by atoms with Gasteiger partial charge in [0.15, 0.2) is 0 Å². The van der Waals surface area contributed by atoms with Crippen LogP contribution in [0.5, 0.6) is 0 Å². The van der Waals surface area contributed by atoms with E-state index in [0.717, 1.165) is 11.3 Å². The summed E-state index contributed by atoms with van der Waals surface area (Å²) in [5, 5.41) is 0.359. The highest BCUT2D eigenvalue weighted by Crippen LogP contribution is 2.26. The Morgan fingerprint density at radius 2 is 2.17 bits per heavy atom. The van der Waals surface area contributed by atoms with E-state index in [-0.39, 0.29) is 17.9 Å². The highest BCUT2D eigenvalue weighted by Gasteiger charge is 2.17. The molecule has 0 saturated heterocycles. The van der Waals surface area contributed by atoms with E-state index >= 15 is 0 Å². The summed E-state index contributed by atoms with van der Waals surface area (Å²) in [4.78, 5) is 39.3. The fourth-order valence-corrected chi connectivity index (χ4v) is 2.74. The van der Waals surface area contributed by atoms with Gasteiger partial charge in [-0.1, -0.05) is 0 Å². The summed E-state index contributed by atoms with van der Waals surface area (Å²) >= 11 is 1.09. The van der Waals surface area contributed by atoms with Crippen molar-refractivity contribution >= 4 is 33.2 Å². The summed E-state index contributed by atoms with van der Waals surface area (Å²) in [5.74, 6) is -0.714. The monoisotopic (exact) mass is 265 g/mol. The molecule has 6 nitrogen and oxygen atoms in total. The van der Waals surface area contributed by atoms with E-state index in [1.165, 1.54) is 17.8 Å². The van der Waals surface area contributed by atoms with Gasteiger partial charge in [0, 0.05) is 0 Å². The van der Waals surface area contributed by atoms with Gasteiger partial charge in [0.2, 0.25) is 0 Å². The minimum atomic E-state index is -0.576. The lowest BCUT2D eigenvalue weighted by atomic mass is 10.2. The second kappa shape index (κ2) is 4.34. The molecule has 0 atom stereocenters. The number of amides is 1. The standard InChI is InChI=1S/C11H11N3O3S/c1-5(15)3-14-4-13-10-7(11(14)17)6(2)8(18-10)9(12)16/h4H,3H2,1-2H3,(H2,12,16). The van der Waals surface area contributed by atoms with Gasteiger partial charge in [0.1, 0.15) is 10.6 Å². The third kappa shape index (κ3) is 1.92. The van der Waals surface area contributed by atoms with Gasteiger partial charge in [-0.3, -0.25) is 19.0 Å². The van der Waals surface area contributed by atoms with Gasteiger partial charge in [-0.25, -0.2) is 4.98 Å².